The molecule has 0 atom stereocenters. The Morgan fingerprint density at radius 1 is 1.14 bits per heavy atom. The van der Waals surface area contributed by atoms with Gasteiger partial charge in [-0.1, -0.05) is 11.6 Å². The second-order valence-corrected chi connectivity index (χ2v) is 5.34. The van der Waals surface area contributed by atoms with Crippen LogP contribution < -0.4 is 5.32 Å². The van der Waals surface area contributed by atoms with Gasteiger partial charge < -0.3 is 10.4 Å². The van der Waals surface area contributed by atoms with E-state index in [4.69, 9.17) is 16.7 Å². The zero-order valence-corrected chi connectivity index (χ0v) is 12.7. The Labute approximate surface area is 132 Å². The van der Waals surface area contributed by atoms with Crippen LogP contribution in [0.3, 0.4) is 0 Å². The standard InChI is InChI=1S/C14H8BrClFNO3/c15-10-5-9(17)6-11(16)12(10)18-13(19)7-1-3-8(4-2-7)14(20)21/h1-6H,(H,18,19)(H,20,21). The number of carboxylic acids is 1. The third kappa shape index (κ3) is 3.59. The normalized spacial score (nSPS) is 10.2. The van der Waals surface area contributed by atoms with Gasteiger partial charge in [0.2, 0.25) is 0 Å². The van der Waals surface area contributed by atoms with Crippen molar-refractivity contribution in [3.8, 4) is 0 Å². The van der Waals surface area contributed by atoms with Crippen LogP contribution in [0.1, 0.15) is 20.7 Å². The lowest BCUT2D eigenvalue weighted by atomic mass is 10.1. The number of halogens is 3. The molecule has 2 aromatic carbocycles. The van der Waals surface area contributed by atoms with E-state index in [1.165, 1.54) is 30.3 Å². The molecule has 0 saturated heterocycles. The van der Waals surface area contributed by atoms with E-state index < -0.39 is 17.7 Å². The monoisotopic (exact) mass is 371 g/mol. The van der Waals surface area contributed by atoms with Crippen LogP contribution in [0.2, 0.25) is 5.02 Å². The lowest BCUT2D eigenvalue weighted by Crippen LogP contribution is -2.13. The SMILES string of the molecule is O=C(O)c1ccc(C(=O)Nc2c(Cl)cc(F)cc2Br)cc1. The van der Waals surface area contributed by atoms with Crippen LogP contribution in [0.25, 0.3) is 0 Å². The minimum Gasteiger partial charge on any atom is -0.478 e. The molecule has 21 heavy (non-hydrogen) atoms. The van der Waals surface area contributed by atoms with Gasteiger partial charge in [-0.2, -0.15) is 0 Å². The number of anilines is 1. The number of nitrogens with one attached hydrogen (secondary N) is 1. The quantitative estimate of drug-likeness (QED) is 0.849. The van der Waals surface area contributed by atoms with Gasteiger partial charge in [-0.25, -0.2) is 9.18 Å². The van der Waals surface area contributed by atoms with E-state index in [2.05, 4.69) is 21.2 Å². The molecule has 0 unspecified atom stereocenters. The molecule has 2 N–H and O–H groups in total. The molecule has 0 bridgehead atoms. The first-order valence-corrected chi connectivity index (χ1v) is 6.85. The first kappa shape index (κ1) is 15.5. The lowest BCUT2D eigenvalue weighted by molar-refractivity contribution is 0.0696. The average molecular weight is 373 g/mol. The molecule has 2 aromatic rings. The van der Waals surface area contributed by atoms with Gasteiger partial charge in [0.15, 0.2) is 0 Å². The highest BCUT2D eigenvalue weighted by Crippen LogP contribution is 2.32. The molecular weight excluding hydrogens is 365 g/mol. The van der Waals surface area contributed by atoms with Crippen molar-refractivity contribution in [2.24, 2.45) is 0 Å². The summed E-state index contributed by atoms with van der Waals surface area (Å²) < 4.78 is 13.4. The molecule has 4 nitrogen and oxygen atoms in total. The Morgan fingerprint density at radius 2 is 1.71 bits per heavy atom. The fourth-order valence-corrected chi connectivity index (χ4v) is 2.51. The Balaban J connectivity index is 2.24. The predicted octanol–water partition coefficient (Wildman–Crippen LogP) is 4.19. The topological polar surface area (TPSA) is 66.4 Å². The molecule has 0 aromatic heterocycles. The molecule has 0 aliphatic carbocycles. The zero-order chi connectivity index (χ0) is 15.6. The highest BCUT2D eigenvalue weighted by Gasteiger charge is 2.13. The number of hydrogen-bond acceptors (Lipinski definition) is 2. The summed E-state index contributed by atoms with van der Waals surface area (Å²) in [7, 11) is 0. The van der Waals surface area contributed by atoms with Crippen LogP contribution in [-0.4, -0.2) is 17.0 Å². The summed E-state index contributed by atoms with van der Waals surface area (Å²) in [4.78, 5) is 22.8. The molecular formula is C14H8BrClFNO3. The first-order chi connectivity index (χ1) is 9.88. The van der Waals surface area contributed by atoms with Gasteiger partial charge in [0.05, 0.1) is 16.3 Å². The minimum absolute atomic E-state index is 0.0531. The van der Waals surface area contributed by atoms with Gasteiger partial charge in [-0.15, -0.1) is 0 Å². The third-order valence-corrected chi connectivity index (χ3v) is 3.56. The molecule has 0 spiro atoms. The van der Waals surface area contributed by atoms with E-state index in [1.54, 1.807) is 0 Å². The number of amides is 1. The van der Waals surface area contributed by atoms with E-state index in [9.17, 15) is 14.0 Å². The van der Waals surface area contributed by atoms with E-state index in [0.29, 0.717) is 4.47 Å². The first-order valence-electron chi connectivity index (χ1n) is 5.67. The Hall–Kier alpha value is -1.92. The van der Waals surface area contributed by atoms with Crippen LogP contribution in [0.5, 0.6) is 0 Å². The third-order valence-electron chi connectivity index (χ3n) is 2.64. The fraction of sp³-hybridized carbons (Fsp3) is 0. The van der Waals surface area contributed by atoms with Gasteiger partial charge in [0.25, 0.3) is 5.91 Å². The van der Waals surface area contributed by atoms with Gasteiger partial charge in [0.1, 0.15) is 5.82 Å². The summed E-state index contributed by atoms with van der Waals surface area (Å²) in [5.74, 6) is -2.09. The van der Waals surface area contributed by atoms with Gasteiger partial charge in [-0.05, 0) is 52.3 Å². The molecule has 108 valence electrons. The molecule has 0 radical (unpaired) electrons. The van der Waals surface area contributed by atoms with Gasteiger partial charge in [0, 0.05) is 10.0 Å². The highest BCUT2D eigenvalue weighted by atomic mass is 79.9. The number of aromatic carboxylic acids is 1. The lowest BCUT2D eigenvalue weighted by Gasteiger charge is -2.10. The molecule has 0 aliphatic rings. The van der Waals surface area contributed by atoms with E-state index >= 15 is 0 Å². The molecule has 0 saturated carbocycles. The van der Waals surface area contributed by atoms with Crippen LogP contribution in [0.4, 0.5) is 10.1 Å². The van der Waals surface area contributed by atoms with E-state index in [-0.39, 0.29) is 21.8 Å². The largest absolute Gasteiger partial charge is 0.478 e. The van der Waals surface area contributed by atoms with Crippen molar-refractivity contribution in [1.29, 1.82) is 0 Å². The minimum atomic E-state index is -1.08. The van der Waals surface area contributed by atoms with Crippen LogP contribution >= 0.6 is 27.5 Å². The average Bonchev–Trinajstić information content (AvgIpc) is 2.42. The summed E-state index contributed by atoms with van der Waals surface area (Å²) in [5, 5.41) is 11.4. The maximum absolute atomic E-state index is 13.1. The summed E-state index contributed by atoms with van der Waals surface area (Å²) in [5.41, 5.74) is 0.574. The molecule has 1 amide bonds. The van der Waals surface area contributed by atoms with Gasteiger partial charge in [-0.3, -0.25) is 4.79 Å². The fourth-order valence-electron chi connectivity index (χ4n) is 1.61. The Kier molecular flexibility index (Phi) is 4.59. The summed E-state index contributed by atoms with van der Waals surface area (Å²) in [6, 6.07) is 7.65. The van der Waals surface area contributed by atoms with Crippen molar-refractivity contribution in [2.75, 3.05) is 5.32 Å². The van der Waals surface area contributed by atoms with Crippen molar-refractivity contribution >= 4 is 45.1 Å². The second-order valence-electron chi connectivity index (χ2n) is 4.08. The Bertz CT molecular complexity index is 696. The molecule has 2 rings (SSSR count). The van der Waals surface area contributed by atoms with Crippen molar-refractivity contribution in [1.82, 2.24) is 0 Å². The van der Waals surface area contributed by atoms with Crippen LogP contribution in [-0.2, 0) is 0 Å². The van der Waals surface area contributed by atoms with Crippen molar-refractivity contribution in [3.63, 3.8) is 0 Å². The van der Waals surface area contributed by atoms with Crippen molar-refractivity contribution < 1.29 is 19.1 Å². The maximum atomic E-state index is 13.1. The van der Waals surface area contributed by atoms with Gasteiger partial charge >= 0.3 is 5.97 Å². The van der Waals surface area contributed by atoms with Crippen molar-refractivity contribution in [2.45, 2.75) is 0 Å². The zero-order valence-electron chi connectivity index (χ0n) is 10.4. The number of carbonyl (C=O) groups is 2. The maximum Gasteiger partial charge on any atom is 0.335 e. The summed E-state index contributed by atoms with van der Waals surface area (Å²) in [6.07, 6.45) is 0. The smallest absolute Gasteiger partial charge is 0.335 e. The van der Waals surface area contributed by atoms with E-state index in [1.807, 2.05) is 0 Å². The number of carbonyl (C=O) groups excluding carboxylic acids is 1. The number of benzene rings is 2. The molecule has 7 heteroatoms. The second kappa shape index (κ2) is 6.24. The molecule has 0 heterocycles. The van der Waals surface area contributed by atoms with Crippen molar-refractivity contribution in [3.05, 3.63) is 62.8 Å². The predicted molar refractivity (Wildman–Crippen MR) is 80.5 cm³/mol. The Morgan fingerprint density at radius 3 is 2.24 bits per heavy atom. The molecule has 0 fully saturated rings. The number of rotatable bonds is 3. The number of carboxylic acid groups (broad SMARTS) is 1. The van der Waals surface area contributed by atoms with Crippen LogP contribution in [0.15, 0.2) is 40.9 Å². The highest BCUT2D eigenvalue weighted by molar-refractivity contribution is 9.10. The summed E-state index contributed by atoms with van der Waals surface area (Å²) in [6.45, 7) is 0. The summed E-state index contributed by atoms with van der Waals surface area (Å²) >= 11 is 8.98. The van der Waals surface area contributed by atoms with Crippen LogP contribution in [0, 0.1) is 5.82 Å². The number of hydrogen-bond donors (Lipinski definition) is 2. The molecule has 0 aliphatic heterocycles. The van der Waals surface area contributed by atoms with E-state index in [0.717, 1.165) is 6.07 Å².